The van der Waals surface area contributed by atoms with E-state index in [1.54, 1.807) is 30.6 Å². The standard InChI is InChI=1S/C14H17N3O2S2/c1-9(2)13(14(15)20)17-21(18,19)12-5-3-4-10-8-16-7-6-11(10)12/h3-9,13,17H,1-2H3,(H2,15,20). The Morgan fingerprint density at radius 1 is 1.33 bits per heavy atom. The highest BCUT2D eigenvalue weighted by molar-refractivity contribution is 7.90. The van der Waals surface area contributed by atoms with Gasteiger partial charge in [0.2, 0.25) is 10.0 Å². The predicted octanol–water partition coefficient (Wildman–Crippen LogP) is 1.82. The number of rotatable bonds is 5. The van der Waals surface area contributed by atoms with Gasteiger partial charge in [-0.3, -0.25) is 4.98 Å². The van der Waals surface area contributed by atoms with Crippen LogP contribution in [0.15, 0.2) is 41.6 Å². The fourth-order valence-corrected chi connectivity index (χ4v) is 4.08. The first kappa shape index (κ1) is 15.8. The van der Waals surface area contributed by atoms with E-state index in [4.69, 9.17) is 18.0 Å². The van der Waals surface area contributed by atoms with Crippen LogP contribution in [0.2, 0.25) is 0 Å². The van der Waals surface area contributed by atoms with Crippen LogP contribution in [0.3, 0.4) is 0 Å². The summed E-state index contributed by atoms with van der Waals surface area (Å²) < 4.78 is 27.8. The van der Waals surface area contributed by atoms with Gasteiger partial charge in [-0.25, -0.2) is 13.1 Å². The number of nitrogens with zero attached hydrogens (tertiary/aromatic N) is 1. The molecule has 2 aromatic rings. The molecule has 0 aliphatic heterocycles. The Bertz CT molecular complexity index is 767. The first-order valence-corrected chi connectivity index (χ1v) is 8.36. The molecule has 0 aliphatic carbocycles. The van der Waals surface area contributed by atoms with E-state index in [2.05, 4.69) is 9.71 Å². The Labute approximate surface area is 129 Å². The summed E-state index contributed by atoms with van der Waals surface area (Å²) in [4.78, 5) is 4.33. The van der Waals surface area contributed by atoms with Crippen molar-refractivity contribution in [3.8, 4) is 0 Å². The lowest BCUT2D eigenvalue weighted by atomic mass is 10.1. The average molecular weight is 323 g/mol. The van der Waals surface area contributed by atoms with Gasteiger partial charge in [-0.15, -0.1) is 0 Å². The van der Waals surface area contributed by atoms with Crippen molar-refractivity contribution in [2.24, 2.45) is 11.7 Å². The number of fused-ring (bicyclic) bond motifs is 1. The van der Waals surface area contributed by atoms with Gasteiger partial charge in [0.1, 0.15) is 0 Å². The van der Waals surface area contributed by atoms with Crippen molar-refractivity contribution in [2.75, 3.05) is 0 Å². The molecule has 0 fully saturated rings. The normalized spacial score (nSPS) is 13.5. The van der Waals surface area contributed by atoms with Crippen molar-refractivity contribution in [3.63, 3.8) is 0 Å². The Hall–Kier alpha value is -1.57. The van der Waals surface area contributed by atoms with Gasteiger partial charge in [0.05, 0.1) is 15.9 Å². The molecule has 0 saturated carbocycles. The summed E-state index contributed by atoms with van der Waals surface area (Å²) in [6.45, 7) is 3.72. The Kier molecular flexibility index (Phi) is 4.55. The number of nitrogens with one attached hydrogen (secondary N) is 1. The first-order chi connectivity index (χ1) is 9.83. The molecule has 1 unspecified atom stereocenters. The molecule has 1 aromatic carbocycles. The third-order valence-corrected chi connectivity index (χ3v) is 4.94. The molecule has 21 heavy (non-hydrogen) atoms. The lowest BCUT2D eigenvalue weighted by Gasteiger charge is -2.21. The van der Waals surface area contributed by atoms with Crippen molar-refractivity contribution in [2.45, 2.75) is 24.8 Å². The fourth-order valence-electron chi connectivity index (χ4n) is 2.08. The lowest BCUT2D eigenvalue weighted by molar-refractivity contribution is 0.527. The van der Waals surface area contributed by atoms with E-state index in [0.717, 1.165) is 5.39 Å². The maximum Gasteiger partial charge on any atom is 0.241 e. The molecule has 0 bridgehead atoms. The van der Waals surface area contributed by atoms with Crippen molar-refractivity contribution >= 4 is 38.0 Å². The summed E-state index contributed by atoms with van der Waals surface area (Å²) in [5, 5.41) is 1.38. The highest BCUT2D eigenvalue weighted by atomic mass is 32.2. The number of aromatic nitrogens is 1. The van der Waals surface area contributed by atoms with Crippen molar-refractivity contribution in [1.82, 2.24) is 9.71 Å². The minimum atomic E-state index is -3.72. The summed E-state index contributed by atoms with van der Waals surface area (Å²) in [5.74, 6) is -0.0334. The van der Waals surface area contributed by atoms with E-state index in [1.807, 2.05) is 19.9 Å². The van der Waals surface area contributed by atoms with E-state index in [0.29, 0.717) is 5.39 Å². The van der Waals surface area contributed by atoms with E-state index in [-0.39, 0.29) is 15.8 Å². The molecule has 5 nitrogen and oxygen atoms in total. The first-order valence-electron chi connectivity index (χ1n) is 6.47. The average Bonchev–Trinajstić information content (AvgIpc) is 2.43. The van der Waals surface area contributed by atoms with Crippen LogP contribution in [-0.4, -0.2) is 24.4 Å². The third kappa shape index (κ3) is 3.37. The molecule has 0 aliphatic rings. The second-order valence-corrected chi connectivity index (χ2v) is 7.25. The van der Waals surface area contributed by atoms with Gasteiger partial charge in [0.15, 0.2) is 0 Å². The molecule has 3 N–H and O–H groups in total. The van der Waals surface area contributed by atoms with Crippen LogP contribution in [0.5, 0.6) is 0 Å². The van der Waals surface area contributed by atoms with Crippen LogP contribution in [-0.2, 0) is 10.0 Å². The SMILES string of the molecule is CC(C)C(NS(=O)(=O)c1cccc2cnccc12)C(N)=S. The molecule has 2 rings (SSSR count). The molecule has 0 amide bonds. The smallest absolute Gasteiger partial charge is 0.241 e. The number of nitrogens with two attached hydrogens (primary N) is 1. The van der Waals surface area contributed by atoms with Crippen LogP contribution >= 0.6 is 12.2 Å². The highest BCUT2D eigenvalue weighted by Crippen LogP contribution is 2.22. The van der Waals surface area contributed by atoms with E-state index < -0.39 is 16.1 Å². The number of pyridine rings is 1. The summed E-state index contributed by atoms with van der Waals surface area (Å²) in [6, 6.07) is 6.15. The van der Waals surface area contributed by atoms with E-state index >= 15 is 0 Å². The van der Waals surface area contributed by atoms with Crippen LogP contribution in [0.4, 0.5) is 0 Å². The van der Waals surface area contributed by atoms with Crippen molar-refractivity contribution in [3.05, 3.63) is 36.7 Å². The van der Waals surface area contributed by atoms with Gasteiger partial charge >= 0.3 is 0 Å². The number of benzene rings is 1. The minimum absolute atomic E-state index is 0.0334. The number of sulfonamides is 1. The molecular weight excluding hydrogens is 306 g/mol. The van der Waals surface area contributed by atoms with Gasteiger partial charge in [0.25, 0.3) is 0 Å². The van der Waals surface area contributed by atoms with Crippen LogP contribution in [0.1, 0.15) is 13.8 Å². The van der Waals surface area contributed by atoms with Gasteiger partial charge in [-0.05, 0) is 18.1 Å². The van der Waals surface area contributed by atoms with Crippen LogP contribution in [0.25, 0.3) is 10.8 Å². The largest absolute Gasteiger partial charge is 0.392 e. The molecule has 1 atom stereocenters. The molecule has 112 valence electrons. The zero-order chi connectivity index (χ0) is 15.6. The van der Waals surface area contributed by atoms with Crippen molar-refractivity contribution < 1.29 is 8.42 Å². The van der Waals surface area contributed by atoms with Gasteiger partial charge in [-0.2, -0.15) is 0 Å². The molecule has 1 heterocycles. The molecular formula is C14H17N3O2S2. The van der Waals surface area contributed by atoms with Crippen molar-refractivity contribution in [1.29, 1.82) is 0 Å². The summed E-state index contributed by atoms with van der Waals surface area (Å²) >= 11 is 4.95. The fraction of sp³-hybridized carbons (Fsp3) is 0.286. The maximum atomic E-state index is 12.6. The summed E-state index contributed by atoms with van der Waals surface area (Å²) in [5.41, 5.74) is 5.63. The number of hydrogen-bond acceptors (Lipinski definition) is 4. The monoisotopic (exact) mass is 323 g/mol. The summed E-state index contributed by atoms with van der Waals surface area (Å²) in [6.07, 6.45) is 3.19. The van der Waals surface area contributed by atoms with Gasteiger partial charge in [0, 0.05) is 23.2 Å². The Morgan fingerprint density at radius 2 is 2.05 bits per heavy atom. The molecule has 1 aromatic heterocycles. The van der Waals surface area contributed by atoms with E-state index in [1.165, 1.54) is 0 Å². The number of thiocarbonyl (C=S) groups is 1. The Morgan fingerprint density at radius 3 is 2.67 bits per heavy atom. The zero-order valence-electron chi connectivity index (χ0n) is 11.8. The maximum absolute atomic E-state index is 12.6. The van der Waals surface area contributed by atoms with Gasteiger partial charge in [-0.1, -0.05) is 38.2 Å². The highest BCUT2D eigenvalue weighted by Gasteiger charge is 2.25. The lowest BCUT2D eigenvalue weighted by Crippen LogP contribution is -2.46. The topological polar surface area (TPSA) is 85.1 Å². The van der Waals surface area contributed by atoms with E-state index in [9.17, 15) is 8.42 Å². The van der Waals surface area contributed by atoms with Crippen LogP contribution < -0.4 is 10.5 Å². The summed E-state index contributed by atoms with van der Waals surface area (Å²) in [7, 11) is -3.72. The molecule has 7 heteroatoms. The van der Waals surface area contributed by atoms with Gasteiger partial charge < -0.3 is 5.73 Å². The van der Waals surface area contributed by atoms with Crippen LogP contribution in [0, 0.1) is 5.92 Å². The second-order valence-electron chi connectivity index (χ2n) is 5.10. The Balaban J connectivity index is 2.50. The molecule has 0 saturated heterocycles. The quantitative estimate of drug-likeness (QED) is 0.820. The second kappa shape index (κ2) is 6.05. The third-order valence-electron chi connectivity index (χ3n) is 3.19. The minimum Gasteiger partial charge on any atom is -0.392 e. The zero-order valence-corrected chi connectivity index (χ0v) is 13.4. The predicted molar refractivity (Wildman–Crippen MR) is 87.5 cm³/mol. The molecule has 0 spiro atoms. The molecule has 0 radical (unpaired) electrons. The number of hydrogen-bond donors (Lipinski definition) is 2.